The molecule has 2 N–H and O–H groups in total. The average molecular weight is 298 g/mol. The van der Waals surface area contributed by atoms with Crippen LogP contribution in [0, 0.1) is 0 Å². The zero-order valence-electron chi connectivity index (χ0n) is 13.6. The van der Waals surface area contributed by atoms with Crippen LogP contribution in [0.2, 0.25) is 0 Å². The first-order chi connectivity index (χ1) is 9.67. The first-order valence-corrected chi connectivity index (χ1v) is 6.96. The zero-order valence-corrected chi connectivity index (χ0v) is 13.6. The fraction of sp³-hybridized carbons (Fsp3) is 0.667. The van der Waals surface area contributed by atoms with Crippen molar-refractivity contribution in [3.05, 3.63) is 11.3 Å². The molecule has 0 spiro atoms. The summed E-state index contributed by atoms with van der Waals surface area (Å²) in [6.07, 6.45) is 1.67. The molecule has 0 bridgehead atoms. The van der Waals surface area contributed by atoms with Gasteiger partial charge in [0.2, 0.25) is 0 Å². The maximum absolute atomic E-state index is 11.9. The van der Waals surface area contributed by atoms with Crippen LogP contribution < -0.4 is 5.73 Å². The van der Waals surface area contributed by atoms with E-state index in [1.54, 1.807) is 6.92 Å². The van der Waals surface area contributed by atoms with Crippen molar-refractivity contribution in [1.29, 1.82) is 0 Å². The molecular weight excluding hydrogens is 272 g/mol. The van der Waals surface area contributed by atoms with Crippen molar-refractivity contribution in [2.24, 2.45) is 10.7 Å². The van der Waals surface area contributed by atoms with Gasteiger partial charge in [0, 0.05) is 19.2 Å². The lowest BCUT2D eigenvalue weighted by molar-refractivity contribution is -0.138. The molecule has 0 fully saturated rings. The SMILES string of the molecule is CCOC(=O)C(C=NCCC(C)=O)=C(N)COC(C)(C)C. The molecule has 0 atom stereocenters. The highest BCUT2D eigenvalue weighted by Gasteiger charge is 2.16. The topological polar surface area (TPSA) is 91.0 Å². The summed E-state index contributed by atoms with van der Waals surface area (Å²) in [5.74, 6) is -0.503. The zero-order chi connectivity index (χ0) is 16.5. The van der Waals surface area contributed by atoms with Crippen LogP contribution in [-0.2, 0) is 19.1 Å². The number of nitrogens with two attached hydrogens (primary N) is 1. The highest BCUT2D eigenvalue weighted by molar-refractivity contribution is 6.10. The molecular formula is C15H26N2O4. The van der Waals surface area contributed by atoms with Crippen LogP contribution in [-0.4, -0.2) is 43.3 Å². The molecule has 0 aromatic carbocycles. The molecule has 0 aliphatic heterocycles. The predicted octanol–water partition coefficient (Wildman–Crippen LogP) is 1.63. The van der Waals surface area contributed by atoms with Gasteiger partial charge in [-0.05, 0) is 34.6 Å². The summed E-state index contributed by atoms with van der Waals surface area (Å²) in [4.78, 5) is 26.8. The van der Waals surface area contributed by atoms with Gasteiger partial charge in [0.15, 0.2) is 0 Å². The van der Waals surface area contributed by atoms with E-state index in [2.05, 4.69) is 4.99 Å². The molecule has 0 aromatic heterocycles. The van der Waals surface area contributed by atoms with E-state index in [-0.39, 0.29) is 35.9 Å². The number of ketones is 1. The first kappa shape index (κ1) is 19.3. The molecule has 0 aromatic rings. The van der Waals surface area contributed by atoms with E-state index < -0.39 is 5.97 Å². The lowest BCUT2D eigenvalue weighted by Gasteiger charge is -2.20. The molecule has 0 rings (SSSR count). The van der Waals surface area contributed by atoms with Gasteiger partial charge in [-0.25, -0.2) is 4.79 Å². The highest BCUT2D eigenvalue weighted by atomic mass is 16.5. The van der Waals surface area contributed by atoms with Crippen LogP contribution in [0.3, 0.4) is 0 Å². The Labute approximate surface area is 126 Å². The number of carbonyl (C=O) groups is 2. The summed E-state index contributed by atoms with van der Waals surface area (Å²) in [7, 11) is 0. The molecule has 0 aliphatic carbocycles. The Kier molecular flexibility index (Phi) is 8.54. The molecule has 0 unspecified atom stereocenters. The number of nitrogens with zero attached hydrogens (tertiary/aromatic N) is 1. The number of ether oxygens (including phenoxy) is 2. The minimum absolute atomic E-state index is 0.0397. The number of rotatable bonds is 8. The monoisotopic (exact) mass is 298 g/mol. The minimum atomic E-state index is -0.543. The van der Waals surface area contributed by atoms with Crippen LogP contribution >= 0.6 is 0 Å². The van der Waals surface area contributed by atoms with E-state index in [0.717, 1.165) is 0 Å². The normalized spacial score (nSPS) is 13.2. The Morgan fingerprint density at radius 1 is 1.29 bits per heavy atom. The van der Waals surface area contributed by atoms with Gasteiger partial charge >= 0.3 is 5.97 Å². The van der Waals surface area contributed by atoms with E-state index in [1.807, 2.05) is 20.8 Å². The average Bonchev–Trinajstić information content (AvgIpc) is 2.35. The molecule has 120 valence electrons. The standard InChI is InChI=1S/C15H26N2O4/c1-6-20-14(19)12(9-17-8-7-11(2)18)13(16)10-21-15(3,4)5/h9H,6-8,10,16H2,1-5H3. The van der Waals surface area contributed by atoms with Crippen molar-refractivity contribution < 1.29 is 19.1 Å². The van der Waals surface area contributed by atoms with Gasteiger partial charge in [0.1, 0.15) is 5.78 Å². The lowest BCUT2D eigenvalue weighted by Crippen LogP contribution is -2.25. The van der Waals surface area contributed by atoms with Crippen molar-refractivity contribution in [2.75, 3.05) is 19.8 Å². The van der Waals surface area contributed by atoms with Crippen molar-refractivity contribution in [1.82, 2.24) is 0 Å². The van der Waals surface area contributed by atoms with Crippen LogP contribution in [0.1, 0.15) is 41.0 Å². The maximum atomic E-state index is 11.9. The van der Waals surface area contributed by atoms with E-state index in [9.17, 15) is 9.59 Å². The minimum Gasteiger partial charge on any atom is -0.462 e. The van der Waals surface area contributed by atoms with E-state index in [0.29, 0.717) is 13.0 Å². The lowest BCUT2D eigenvalue weighted by atomic mass is 10.2. The fourth-order valence-corrected chi connectivity index (χ4v) is 1.23. The number of aliphatic imine (C=N–C) groups is 1. The number of carbonyl (C=O) groups excluding carboxylic acids is 2. The Balaban J connectivity index is 4.93. The van der Waals surface area contributed by atoms with Gasteiger partial charge in [-0.3, -0.25) is 9.79 Å². The molecule has 0 saturated heterocycles. The second-order valence-corrected chi connectivity index (χ2v) is 5.55. The molecule has 0 radical (unpaired) electrons. The summed E-state index contributed by atoms with van der Waals surface area (Å²) in [6.45, 7) is 9.55. The summed E-state index contributed by atoms with van der Waals surface area (Å²) < 4.78 is 10.5. The summed E-state index contributed by atoms with van der Waals surface area (Å²) in [5, 5.41) is 0. The smallest absolute Gasteiger partial charge is 0.341 e. The van der Waals surface area contributed by atoms with E-state index in [1.165, 1.54) is 13.1 Å². The summed E-state index contributed by atoms with van der Waals surface area (Å²) in [6, 6.07) is 0. The first-order valence-electron chi connectivity index (χ1n) is 6.96. The molecule has 21 heavy (non-hydrogen) atoms. The molecule has 0 aliphatic rings. The Morgan fingerprint density at radius 3 is 2.38 bits per heavy atom. The van der Waals surface area contributed by atoms with Crippen LogP contribution in [0.4, 0.5) is 0 Å². The third kappa shape index (κ3) is 9.79. The van der Waals surface area contributed by atoms with Crippen LogP contribution in [0.15, 0.2) is 16.3 Å². The van der Waals surface area contributed by atoms with Gasteiger partial charge in [0.05, 0.1) is 30.1 Å². The Hall–Kier alpha value is -1.69. The third-order valence-electron chi connectivity index (χ3n) is 2.32. The van der Waals surface area contributed by atoms with Gasteiger partial charge in [0.25, 0.3) is 0 Å². The molecule has 0 amide bonds. The Bertz CT molecular complexity index is 420. The predicted molar refractivity (Wildman–Crippen MR) is 82.2 cm³/mol. The van der Waals surface area contributed by atoms with Gasteiger partial charge in [-0.1, -0.05) is 0 Å². The maximum Gasteiger partial charge on any atom is 0.341 e. The summed E-state index contributed by atoms with van der Waals surface area (Å²) in [5.41, 5.74) is 5.96. The van der Waals surface area contributed by atoms with Crippen molar-refractivity contribution in [2.45, 2.75) is 46.6 Å². The van der Waals surface area contributed by atoms with Crippen molar-refractivity contribution >= 4 is 18.0 Å². The van der Waals surface area contributed by atoms with Gasteiger partial charge in [-0.15, -0.1) is 0 Å². The van der Waals surface area contributed by atoms with E-state index >= 15 is 0 Å². The molecule has 6 nitrogen and oxygen atoms in total. The second kappa shape index (κ2) is 9.28. The molecule has 6 heteroatoms. The molecule has 0 heterocycles. The fourth-order valence-electron chi connectivity index (χ4n) is 1.23. The van der Waals surface area contributed by atoms with E-state index in [4.69, 9.17) is 15.2 Å². The van der Waals surface area contributed by atoms with Crippen molar-refractivity contribution in [3.63, 3.8) is 0 Å². The van der Waals surface area contributed by atoms with Gasteiger partial charge < -0.3 is 15.2 Å². The Morgan fingerprint density at radius 2 is 1.90 bits per heavy atom. The number of hydrogen-bond donors (Lipinski definition) is 1. The second-order valence-electron chi connectivity index (χ2n) is 5.55. The quantitative estimate of drug-likeness (QED) is 0.418. The number of esters is 1. The number of Topliss-reactive ketones (excluding diaryl/α,β-unsaturated/α-hetero) is 1. The van der Waals surface area contributed by atoms with Crippen LogP contribution in [0.5, 0.6) is 0 Å². The number of hydrogen-bond acceptors (Lipinski definition) is 6. The highest BCUT2D eigenvalue weighted by Crippen LogP contribution is 2.09. The largest absolute Gasteiger partial charge is 0.462 e. The third-order valence-corrected chi connectivity index (χ3v) is 2.32. The molecule has 0 saturated carbocycles. The summed E-state index contributed by atoms with van der Waals surface area (Å²) >= 11 is 0. The van der Waals surface area contributed by atoms with Crippen LogP contribution in [0.25, 0.3) is 0 Å². The van der Waals surface area contributed by atoms with Crippen molar-refractivity contribution in [3.8, 4) is 0 Å². The van der Waals surface area contributed by atoms with Gasteiger partial charge in [-0.2, -0.15) is 0 Å².